The Morgan fingerprint density at radius 3 is 1.57 bits per heavy atom. The Kier molecular flexibility index (Phi) is 5.95. The third-order valence-corrected chi connectivity index (χ3v) is 6.58. The first-order chi connectivity index (χ1) is 6.31. The molecule has 3 heteroatoms. The highest BCUT2D eigenvalue weighted by molar-refractivity contribution is 7.83. The molecule has 0 aromatic heterocycles. The fourth-order valence-corrected chi connectivity index (χ4v) is 3.13. The maximum Gasteiger partial charge on any atom is 0.0658 e. The Balaban J connectivity index is 4.45. The van der Waals surface area contributed by atoms with Crippen molar-refractivity contribution >= 4 is 18.7 Å². The molecule has 0 rings (SSSR count). The van der Waals surface area contributed by atoms with E-state index in [1.165, 1.54) is 0 Å². The van der Waals surface area contributed by atoms with Gasteiger partial charge in [0.05, 0.1) is 7.43 Å². The van der Waals surface area contributed by atoms with Crippen LogP contribution in [-0.4, -0.2) is 10.7 Å². The molecule has 1 N–H and O–H groups in total. The van der Waals surface area contributed by atoms with E-state index in [0.717, 1.165) is 19.3 Å². The molecule has 14 heavy (non-hydrogen) atoms. The van der Waals surface area contributed by atoms with E-state index in [0.29, 0.717) is 0 Å². The van der Waals surface area contributed by atoms with Gasteiger partial charge in [-0.15, -0.1) is 0 Å². The van der Waals surface area contributed by atoms with Gasteiger partial charge in [-0.3, -0.25) is 5.09 Å². The highest BCUT2D eigenvalue weighted by atomic mass is 35.7. The molecule has 0 aromatic rings. The van der Waals surface area contributed by atoms with Gasteiger partial charge in [-0.05, 0) is 19.3 Å². The van der Waals surface area contributed by atoms with Crippen LogP contribution < -0.4 is 5.09 Å². The second-order valence-corrected chi connectivity index (χ2v) is 8.05. The van der Waals surface area contributed by atoms with Gasteiger partial charge in [-0.1, -0.05) is 52.8 Å². The first-order valence-electron chi connectivity index (χ1n) is 5.55. The minimum Gasteiger partial charge on any atom is -0.277 e. The predicted octanol–water partition coefficient (Wildman–Crippen LogP) is 4.89. The van der Waals surface area contributed by atoms with Crippen LogP contribution in [0.3, 0.4) is 0 Å². The lowest BCUT2D eigenvalue weighted by Crippen LogP contribution is -2.42. The zero-order valence-corrected chi connectivity index (χ0v) is 12.1. The zero-order chi connectivity index (χ0) is 11.4. The monoisotopic (exact) mass is 237 g/mol. The number of hydrogen-bond donors (Lipinski definition) is 1. The zero-order valence-electron chi connectivity index (χ0n) is 10.4. The normalized spacial score (nSPS) is 15.6. The van der Waals surface area contributed by atoms with Crippen LogP contribution in [-0.2, 0) is 0 Å². The van der Waals surface area contributed by atoms with E-state index in [9.17, 15) is 0 Å². The number of hydrogen-bond acceptors (Lipinski definition) is 1. The smallest absolute Gasteiger partial charge is 0.0658 e. The molecular weight excluding hydrogens is 213 g/mol. The standard InChI is InChI=1S/C11H25ClNP/c1-7-11(8-2,9-3)13-14(12)10(4,5)6/h13H,7-9H2,1-6H3. The van der Waals surface area contributed by atoms with Crippen molar-refractivity contribution in [2.45, 2.75) is 71.5 Å². The lowest BCUT2D eigenvalue weighted by molar-refractivity contribution is 0.349. The summed E-state index contributed by atoms with van der Waals surface area (Å²) in [6.07, 6.45) is 3.46. The average Bonchev–Trinajstić information content (AvgIpc) is 2.12. The van der Waals surface area contributed by atoms with Crippen LogP contribution in [0, 0.1) is 0 Å². The Hall–Kier alpha value is 0.680. The van der Waals surface area contributed by atoms with Gasteiger partial charge in [-0.2, -0.15) is 0 Å². The van der Waals surface area contributed by atoms with E-state index in [4.69, 9.17) is 11.2 Å². The number of nitrogens with one attached hydrogen (secondary N) is 1. The van der Waals surface area contributed by atoms with Crippen LogP contribution in [0.5, 0.6) is 0 Å². The van der Waals surface area contributed by atoms with Crippen LogP contribution in [0.2, 0.25) is 0 Å². The van der Waals surface area contributed by atoms with E-state index in [1.807, 2.05) is 0 Å². The summed E-state index contributed by atoms with van der Waals surface area (Å²) < 4.78 is 0. The second kappa shape index (κ2) is 5.68. The summed E-state index contributed by atoms with van der Waals surface area (Å²) in [5.41, 5.74) is 0.251. The third kappa shape index (κ3) is 4.04. The molecule has 0 saturated carbocycles. The molecule has 0 aromatic carbocycles. The van der Waals surface area contributed by atoms with Gasteiger partial charge in [0.2, 0.25) is 0 Å². The predicted molar refractivity (Wildman–Crippen MR) is 69.3 cm³/mol. The molecule has 0 aliphatic rings. The maximum absolute atomic E-state index is 6.43. The van der Waals surface area contributed by atoms with Gasteiger partial charge in [0.15, 0.2) is 0 Å². The minimum atomic E-state index is -0.605. The third-order valence-electron chi connectivity index (χ3n) is 2.95. The van der Waals surface area contributed by atoms with Gasteiger partial charge in [0.25, 0.3) is 0 Å². The molecule has 0 bridgehead atoms. The van der Waals surface area contributed by atoms with Crippen LogP contribution in [0.15, 0.2) is 0 Å². The van der Waals surface area contributed by atoms with Crippen LogP contribution in [0.25, 0.3) is 0 Å². The van der Waals surface area contributed by atoms with E-state index in [-0.39, 0.29) is 10.7 Å². The Morgan fingerprint density at radius 2 is 1.36 bits per heavy atom. The molecule has 86 valence electrons. The van der Waals surface area contributed by atoms with Gasteiger partial charge < -0.3 is 0 Å². The van der Waals surface area contributed by atoms with Crippen LogP contribution in [0.4, 0.5) is 0 Å². The quantitative estimate of drug-likeness (QED) is 0.671. The molecule has 0 amide bonds. The number of halogens is 1. The lowest BCUT2D eigenvalue weighted by Gasteiger charge is -2.38. The van der Waals surface area contributed by atoms with Crippen molar-refractivity contribution in [3.05, 3.63) is 0 Å². The maximum atomic E-state index is 6.43. The fourth-order valence-electron chi connectivity index (χ4n) is 1.36. The highest BCUT2D eigenvalue weighted by Crippen LogP contribution is 2.52. The molecular formula is C11H25ClNP. The van der Waals surface area contributed by atoms with E-state index < -0.39 is 7.43 Å². The molecule has 0 aliphatic heterocycles. The van der Waals surface area contributed by atoms with Crippen molar-refractivity contribution in [3.63, 3.8) is 0 Å². The van der Waals surface area contributed by atoms with E-state index >= 15 is 0 Å². The van der Waals surface area contributed by atoms with Crippen molar-refractivity contribution in [1.29, 1.82) is 0 Å². The first kappa shape index (κ1) is 14.7. The Labute approximate surface area is 95.6 Å². The summed E-state index contributed by atoms with van der Waals surface area (Å²) in [4.78, 5) is 0. The van der Waals surface area contributed by atoms with Gasteiger partial charge in [0.1, 0.15) is 0 Å². The minimum absolute atomic E-state index is 0.182. The van der Waals surface area contributed by atoms with Crippen molar-refractivity contribution in [3.8, 4) is 0 Å². The van der Waals surface area contributed by atoms with Gasteiger partial charge in [-0.25, -0.2) is 0 Å². The SMILES string of the molecule is CCC(CC)(CC)NP(Cl)C(C)(C)C. The van der Waals surface area contributed by atoms with E-state index in [2.05, 4.69) is 46.6 Å². The molecule has 0 fully saturated rings. The van der Waals surface area contributed by atoms with Gasteiger partial charge >= 0.3 is 0 Å². The molecule has 1 nitrogen and oxygen atoms in total. The summed E-state index contributed by atoms with van der Waals surface area (Å²) in [6.45, 7) is 13.3. The number of rotatable bonds is 5. The first-order valence-corrected chi connectivity index (χ1v) is 7.79. The largest absolute Gasteiger partial charge is 0.277 e. The highest BCUT2D eigenvalue weighted by Gasteiger charge is 2.31. The second-order valence-electron chi connectivity index (χ2n) is 4.90. The van der Waals surface area contributed by atoms with E-state index in [1.54, 1.807) is 0 Å². The van der Waals surface area contributed by atoms with Crippen molar-refractivity contribution in [2.24, 2.45) is 0 Å². The molecule has 1 unspecified atom stereocenters. The Bertz CT molecular complexity index is 153. The topological polar surface area (TPSA) is 12.0 Å². The van der Waals surface area contributed by atoms with Gasteiger partial charge in [0, 0.05) is 10.7 Å². The molecule has 0 aliphatic carbocycles. The molecule has 0 spiro atoms. The summed E-state index contributed by atoms with van der Waals surface area (Å²) in [5, 5.41) is 3.83. The molecule has 0 radical (unpaired) electrons. The fraction of sp³-hybridized carbons (Fsp3) is 1.00. The Morgan fingerprint density at radius 1 is 1.00 bits per heavy atom. The van der Waals surface area contributed by atoms with Crippen molar-refractivity contribution < 1.29 is 0 Å². The molecule has 1 atom stereocenters. The average molecular weight is 238 g/mol. The van der Waals surface area contributed by atoms with Crippen molar-refractivity contribution in [2.75, 3.05) is 0 Å². The molecule has 0 saturated heterocycles. The summed E-state index contributed by atoms with van der Waals surface area (Å²) in [6, 6.07) is 0. The summed E-state index contributed by atoms with van der Waals surface area (Å²) in [7, 11) is -0.605. The van der Waals surface area contributed by atoms with Crippen molar-refractivity contribution in [1.82, 2.24) is 5.09 Å². The lowest BCUT2D eigenvalue weighted by atomic mass is 9.91. The van der Waals surface area contributed by atoms with Crippen LogP contribution >= 0.6 is 18.7 Å². The van der Waals surface area contributed by atoms with Crippen LogP contribution in [0.1, 0.15) is 60.8 Å². The molecule has 0 heterocycles. The summed E-state index contributed by atoms with van der Waals surface area (Å²) in [5.74, 6) is 0. The summed E-state index contributed by atoms with van der Waals surface area (Å²) >= 11 is 6.43.